The number of amides is 2. The fraction of sp³-hybridized carbons (Fsp3) is 0.385. The van der Waals surface area contributed by atoms with Gasteiger partial charge in [0.15, 0.2) is 16.0 Å². The van der Waals surface area contributed by atoms with E-state index in [0.29, 0.717) is 22.6 Å². The number of anilines is 1. The third-order valence-corrected chi connectivity index (χ3v) is 9.78. The van der Waals surface area contributed by atoms with Gasteiger partial charge >= 0.3 is 5.97 Å². The molecule has 5 N–H and O–H groups in total. The average Bonchev–Trinajstić information content (AvgIpc) is 3.36. The molecule has 1 aromatic carbocycles. The molecule has 41 heavy (non-hydrogen) atoms. The van der Waals surface area contributed by atoms with Gasteiger partial charge in [-0.05, 0) is 53.7 Å². The van der Waals surface area contributed by atoms with Gasteiger partial charge < -0.3 is 26.1 Å². The highest BCUT2D eigenvalue weighted by molar-refractivity contribution is 8.12. The summed E-state index contributed by atoms with van der Waals surface area (Å²) in [6, 6.07) is 0.896. The van der Waals surface area contributed by atoms with E-state index in [9.17, 15) is 29.4 Å². The van der Waals surface area contributed by atoms with Gasteiger partial charge in [-0.1, -0.05) is 23.0 Å². The highest BCUT2D eigenvalue weighted by atomic mass is 32.2. The minimum atomic E-state index is -1.25. The minimum Gasteiger partial charge on any atom is -0.477 e. The molecule has 1 fully saturated rings. The Balaban J connectivity index is 1.61. The molecule has 0 bridgehead atoms. The Bertz CT molecular complexity index is 1490. The molecule has 2 atom stereocenters. The van der Waals surface area contributed by atoms with Crippen LogP contribution in [0.15, 0.2) is 27.9 Å². The van der Waals surface area contributed by atoms with Gasteiger partial charge in [-0.3, -0.25) is 19.3 Å². The number of aromatic nitrogens is 1. The lowest BCUT2D eigenvalue weighted by atomic mass is 9.89. The Kier molecular flexibility index (Phi) is 9.41. The molecule has 4 rings (SSSR count). The van der Waals surface area contributed by atoms with E-state index in [1.54, 1.807) is 0 Å². The molecule has 0 saturated carbocycles. The number of nitrogens with zero attached hydrogens (tertiary/aromatic N) is 3. The van der Waals surface area contributed by atoms with Gasteiger partial charge in [-0.25, -0.2) is 9.78 Å². The molecule has 1 aromatic heterocycles. The van der Waals surface area contributed by atoms with E-state index in [0.717, 1.165) is 45.4 Å². The van der Waals surface area contributed by atoms with Crippen LogP contribution in [-0.2, 0) is 42.8 Å². The van der Waals surface area contributed by atoms with Crippen molar-refractivity contribution < 1.29 is 34.2 Å². The predicted octanol–water partition coefficient (Wildman–Crippen LogP) is 1.95. The molecule has 12 nitrogen and oxygen atoms in total. The molecular formula is C26H29N5O7S3. The maximum Gasteiger partial charge on any atom is 0.352 e. The van der Waals surface area contributed by atoms with Crippen molar-refractivity contribution in [2.75, 3.05) is 18.6 Å². The van der Waals surface area contributed by atoms with E-state index in [1.165, 1.54) is 36.1 Å². The molecule has 0 spiro atoms. The number of β-lactam (4-membered cyclic amide) rings is 1. The first-order valence-corrected chi connectivity index (χ1v) is 15.3. The van der Waals surface area contributed by atoms with Crippen LogP contribution in [0.25, 0.3) is 0 Å². The van der Waals surface area contributed by atoms with Crippen LogP contribution < -0.4 is 11.1 Å². The monoisotopic (exact) mass is 619 g/mol. The molecule has 0 aliphatic carbocycles. The Morgan fingerprint density at radius 3 is 2.59 bits per heavy atom. The Hall–Kier alpha value is -3.40. The summed E-state index contributed by atoms with van der Waals surface area (Å²) in [6.45, 7) is 5.06. The van der Waals surface area contributed by atoms with Gasteiger partial charge in [0.25, 0.3) is 11.8 Å². The number of carbonyl (C=O) groups excluding carboxylic acids is 3. The maximum atomic E-state index is 13.2. The summed E-state index contributed by atoms with van der Waals surface area (Å²) < 4.78 is 0. The molecule has 15 heteroatoms. The normalized spacial score (nSPS) is 18.6. The fourth-order valence-corrected chi connectivity index (χ4v) is 7.34. The summed E-state index contributed by atoms with van der Waals surface area (Å²) >= 11 is 3.62. The number of fused-ring (bicyclic) bond motifs is 1. The zero-order valence-electron chi connectivity index (χ0n) is 22.7. The molecule has 2 amide bonds. The first kappa shape index (κ1) is 30.6. The SMILES string of the molecule is CO/N=C(\C(=O)N[C@@H]1C(=O)N2C(C(=O)O)=C(Cc3c(C)c(CO)cc(CSC(C)=O)c3C)CS[C@H]12)c1csc(N)n1. The van der Waals surface area contributed by atoms with Gasteiger partial charge in [0, 0.05) is 23.8 Å². The van der Waals surface area contributed by atoms with Crippen LogP contribution in [0.1, 0.15) is 40.4 Å². The number of aliphatic hydroxyl groups is 1. The molecule has 2 aromatic rings. The van der Waals surface area contributed by atoms with Crippen LogP contribution in [0.2, 0.25) is 0 Å². The molecule has 1 saturated heterocycles. The third-order valence-electron chi connectivity index (χ3n) is 6.91. The van der Waals surface area contributed by atoms with Gasteiger partial charge in [-0.2, -0.15) is 0 Å². The fourth-order valence-electron chi connectivity index (χ4n) is 4.79. The molecule has 2 aliphatic heterocycles. The Labute approximate surface area is 248 Å². The van der Waals surface area contributed by atoms with E-state index in [-0.39, 0.29) is 40.4 Å². The summed E-state index contributed by atoms with van der Waals surface area (Å²) in [5.41, 5.74) is 10.3. The molecule has 0 radical (unpaired) electrons. The standard InChI is InChI=1S/C26H29N5O7S3/c1-11-14(7-32)5-15(8-39-13(3)33)12(2)17(11)6-16-9-40-24-20(23(35)31(24)21(16)25(36)37)29-22(34)19(30-38-4)18-10-41-26(27)28-18/h5,10,20,24,32H,6-9H2,1-4H3,(H2,27,28)(H,29,34)(H,36,37)/b30-19-/t20-,24-/m1/s1. The number of hydrogen-bond donors (Lipinski definition) is 4. The number of nitrogen functional groups attached to an aromatic ring is 1. The zero-order chi connectivity index (χ0) is 30.0. The van der Waals surface area contributed by atoms with E-state index < -0.39 is 29.2 Å². The van der Waals surface area contributed by atoms with Gasteiger partial charge in [-0.15, -0.1) is 23.1 Å². The first-order chi connectivity index (χ1) is 19.5. The van der Waals surface area contributed by atoms with Crippen molar-refractivity contribution in [2.45, 2.75) is 51.0 Å². The predicted molar refractivity (Wildman–Crippen MR) is 157 cm³/mol. The molecule has 218 valence electrons. The summed E-state index contributed by atoms with van der Waals surface area (Å²) in [7, 11) is 1.27. The number of carbonyl (C=O) groups is 4. The summed E-state index contributed by atoms with van der Waals surface area (Å²) in [6.07, 6.45) is 0.251. The van der Waals surface area contributed by atoms with Crippen molar-refractivity contribution >= 4 is 68.6 Å². The number of nitrogens with two attached hydrogens (primary N) is 1. The number of benzene rings is 1. The van der Waals surface area contributed by atoms with E-state index in [1.807, 2.05) is 19.9 Å². The molecule has 3 heterocycles. The lowest BCUT2D eigenvalue weighted by molar-refractivity contribution is -0.150. The van der Waals surface area contributed by atoms with Crippen molar-refractivity contribution in [3.8, 4) is 0 Å². The topological polar surface area (TPSA) is 185 Å². The van der Waals surface area contributed by atoms with Crippen LogP contribution in [0.3, 0.4) is 0 Å². The summed E-state index contributed by atoms with van der Waals surface area (Å²) in [5.74, 6) is -1.77. The van der Waals surface area contributed by atoms with Crippen molar-refractivity contribution in [1.29, 1.82) is 0 Å². The van der Waals surface area contributed by atoms with Crippen LogP contribution in [0.5, 0.6) is 0 Å². The number of aliphatic carboxylic acids is 1. The second-order valence-electron chi connectivity index (χ2n) is 9.35. The van der Waals surface area contributed by atoms with Gasteiger partial charge in [0.2, 0.25) is 0 Å². The van der Waals surface area contributed by atoms with E-state index in [2.05, 4.69) is 15.5 Å². The summed E-state index contributed by atoms with van der Waals surface area (Å²) in [5, 5.41) is 27.6. The van der Waals surface area contributed by atoms with Crippen molar-refractivity contribution in [3.63, 3.8) is 0 Å². The average molecular weight is 620 g/mol. The zero-order valence-corrected chi connectivity index (χ0v) is 25.2. The van der Waals surface area contributed by atoms with Crippen LogP contribution in [-0.4, -0.2) is 73.0 Å². The quantitative estimate of drug-likeness (QED) is 0.173. The second kappa shape index (κ2) is 12.6. The number of hydrogen-bond acceptors (Lipinski definition) is 12. The van der Waals surface area contributed by atoms with Crippen LogP contribution >= 0.6 is 34.9 Å². The van der Waals surface area contributed by atoms with Crippen molar-refractivity contribution in [3.05, 3.63) is 56.2 Å². The van der Waals surface area contributed by atoms with E-state index in [4.69, 9.17) is 10.6 Å². The maximum absolute atomic E-state index is 13.2. The van der Waals surface area contributed by atoms with Crippen molar-refractivity contribution in [2.24, 2.45) is 5.16 Å². The number of carboxylic acids is 1. The second-order valence-corrected chi connectivity index (χ2v) is 12.5. The lowest BCUT2D eigenvalue weighted by Gasteiger charge is -2.49. The number of rotatable bonds is 10. The Morgan fingerprint density at radius 2 is 2.00 bits per heavy atom. The summed E-state index contributed by atoms with van der Waals surface area (Å²) in [4.78, 5) is 60.3. The Morgan fingerprint density at radius 1 is 1.29 bits per heavy atom. The van der Waals surface area contributed by atoms with Crippen molar-refractivity contribution in [1.82, 2.24) is 15.2 Å². The number of thiazole rings is 1. The highest BCUT2D eigenvalue weighted by Crippen LogP contribution is 2.42. The lowest BCUT2D eigenvalue weighted by Crippen LogP contribution is -2.71. The van der Waals surface area contributed by atoms with E-state index >= 15 is 0 Å². The number of oxime groups is 1. The number of nitrogens with one attached hydrogen (secondary N) is 1. The smallest absolute Gasteiger partial charge is 0.352 e. The number of carboxylic acid groups (broad SMARTS) is 1. The minimum absolute atomic E-state index is 0.0306. The van der Waals surface area contributed by atoms with Crippen LogP contribution in [0, 0.1) is 13.8 Å². The van der Waals surface area contributed by atoms with Gasteiger partial charge in [0.05, 0.1) is 6.61 Å². The molecule has 2 aliphatic rings. The molecular weight excluding hydrogens is 591 g/mol. The molecule has 0 unspecified atom stereocenters. The van der Waals surface area contributed by atoms with Crippen LogP contribution in [0.4, 0.5) is 5.13 Å². The van der Waals surface area contributed by atoms with Gasteiger partial charge in [0.1, 0.15) is 29.9 Å². The largest absolute Gasteiger partial charge is 0.477 e. The first-order valence-electron chi connectivity index (χ1n) is 12.4. The highest BCUT2D eigenvalue weighted by Gasteiger charge is 2.54. The number of thioether (sulfide) groups is 2. The number of aliphatic hydroxyl groups excluding tert-OH is 1. The third kappa shape index (κ3) is 6.12.